The van der Waals surface area contributed by atoms with E-state index in [2.05, 4.69) is 0 Å². The highest BCUT2D eigenvalue weighted by Gasteiger charge is 2.13. The molecule has 0 radical (unpaired) electrons. The quantitative estimate of drug-likeness (QED) is 0.636. The Labute approximate surface area is 120 Å². The Balaban J connectivity index is 2.18. The van der Waals surface area contributed by atoms with Gasteiger partial charge >= 0.3 is 11.9 Å². The summed E-state index contributed by atoms with van der Waals surface area (Å²) >= 11 is 0. The number of fused-ring (bicyclic) bond motifs is 1. The topological polar surface area (TPSA) is 93.1 Å². The summed E-state index contributed by atoms with van der Waals surface area (Å²) in [6, 6.07) is 5.33. The third kappa shape index (κ3) is 3.62. The molecule has 1 heterocycles. The lowest BCUT2D eigenvalue weighted by Crippen LogP contribution is -2.03. The SMILES string of the molecule is CC(=CC(=CCc1ccc2c(c1)OCO2)C(=O)O)C(=O)O. The number of benzene rings is 1. The lowest BCUT2D eigenvalue weighted by Gasteiger charge is -2.01. The van der Waals surface area contributed by atoms with Gasteiger partial charge in [-0.05, 0) is 37.1 Å². The van der Waals surface area contributed by atoms with E-state index < -0.39 is 11.9 Å². The Kier molecular flexibility index (Phi) is 4.27. The normalized spacial score (nSPS) is 14.1. The first-order chi connectivity index (χ1) is 9.97. The van der Waals surface area contributed by atoms with Gasteiger partial charge in [-0.3, -0.25) is 0 Å². The molecular formula is C15H14O6. The summed E-state index contributed by atoms with van der Waals surface area (Å²) < 4.78 is 10.4. The molecule has 0 aliphatic carbocycles. The zero-order chi connectivity index (χ0) is 15.4. The molecule has 0 saturated heterocycles. The predicted molar refractivity (Wildman–Crippen MR) is 73.4 cm³/mol. The van der Waals surface area contributed by atoms with Gasteiger partial charge in [-0.1, -0.05) is 12.1 Å². The minimum absolute atomic E-state index is 0.0330. The molecule has 21 heavy (non-hydrogen) atoms. The zero-order valence-electron chi connectivity index (χ0n) is 11.3. The van der Waals surface area contributed by atoms with Crippen molar-refractivity contribution < 1.29 is 29.3 Å². The Bertz CT molecular complexity index is 642. The first-order valence-electron chi connectivity index (χ1n) is 6.21. The van der Waals surface area contributed by atoms with E-state index in [1.54, 1.807) is 18.2 Å². The van der Waals surface area contributed by atoms with E-state index in [-0.39, 0.29) is 17.9 Å². The van der Waals surface area contributed by atoms with Crippen LogP contribution in [0.2, 0.25) is 0 Å². The number of allylic oxidation sites excluding steroid dienone is 1. The van der Waals surface area contributed by atoms with Crippen LogP contribution in [0.25, 0.3) is 0 Å². The highest BCUT2D eigenvalue weighted by atomic mass is 16.7. The second-order valence-electron chi connectivity index (χ2n) is 4.49. The van der Waals surface area contributed by atoms with Crippen molar-refractivity contribution in [2.45, 2.75) is 13.3 Å². The summed E-state index contributed by atoms with van der Waals surface area (Å²) in [5, 5.41) is 17.9. The molecule has 1 aliphatic rings. The maximum absolute atomic E-state index is 11.1. The van der Waals surface area contributed by atoms with Crippen molar-refractivity contribution >= 4 is 11.9 Å². The highest BCUT2D eigenvalue weighted by molar-refractivity contribution is 5.94. The largest absolute Gasteiger partial charge is 0.478 e. The fraction of sp³-hybridized carbons (Fsp3) is 0.200. The highest BCUT2D eigenvalue weighted by Crippen LogP contribution is 2.32. The predicted octanol–water partition coefficient (Wildman–Crippen LogP) is 2.00. The smallest absolute Gasteiger partial charge is 0.335 e. The van der Waals surface area contributed by atoms with Gasteiger partial charge in [0, 0.05) is 5.57 Å². The molecule has 0 aromatic heterocycles. The summed E-state index contributed by atoms with van der Waals surface area (Å²) in [5.41, 5.74) is 0.751. The van der Waals surface area contributed by atoms with Crippen LogP contribution < -0.4 is 9.47 Å². The fourth-order valence-electron chi connectivity index (χ4n) is 1.80. The van der Waals surface area contributed by atoms with Crippen molar-refractivity contribution in [1.82, 2.24) is 0 Å². The van der Waals surface area contributed by atoms with Crippen LogP contribution in [0.5, 0.6) is 11.5 Å². The van der Waals surface area contributed by atoms with Crippen LogP contribution in [-0.2, 0) is 16.0 Å². The van der Waals surface area contributed by atoms with E-state index in [1.807, 2.05) is 0 Å². The van der Waals surface area contributed by atoms with Gasteiger partial charge in [0.05, 0.1) is 5.57 Å². The summed E-state index contributed by atoms with van der Waals surface area (Å²) in [4.78, 5) is 21.9. The summed E-state index contributed by atoms with van der Waals surface area (Å²) in [5.74, 6) is -1.04. The second kappa shape index (κ2) is 6.13. The lowest BCUT2D eigenvalue weighted by molar-refractivity contribution is -0.132. The van der Waals surface area contributed by atoms with Crippen molar-refractivity contribution in [3.05, 3.63) is 47.1 Å². The summed E-state index contributed by atoms with van der Waals surface area (Å²) in [6.07, 6.45) is 2.95. The molecule has 0 fully saturated rings. The number of carboxylic acid groups (broad SMARTS) is 2. The number of hydrogen-bond acceptors (Lipinski definition) is 4. The number of hydrogen-bond donors (Lipinski definition) is 2. The third-order valence-corrected chi connectivity index (χ3v) is 2.95. The Morgan fingerprint density at radius 1 is 1.19 bits per heavy atom. The number of carbonyl (C=O) groups is 2. The second-order valence-corrected chi connectivity index (χ2v) is 4.49. The molecule has 0 atom stereocenters. The van der Waals surface area contributed by atoms with E-state index in [0.717, 1.165) is 11.6 Å². The summed E-state index contributed by atoms with van der Waals surface area (Å²) in [7, 11) is 0. The molecule has 1 aromatic rings. The molecule has 2 N–H and O–H groups in total. The molecule has 0 amide bonds. The van der Waals surface area contributed by atoms with Gasteiger partial charge < -0.3 is 19.7 Å². The maximum atomic E-state index is 11.1. The third-order valence-electron chi connectivity index (χ3n) is 2.95. The number of carboxylic acids is 2. The van der Waals surface area contributed by atoms with Crippen molar-refractivity contribution in [2.24, 2.45) is 0 Å². The number of ether oxygens (including phenoxy) is 2. The average molecular weight is 290 g/mol. The van der Waals surface area contributed by atoms with Gasteiger partial charge in [0.2, 0.25) is 6.79 Å². The molecule has 1 aliphatic heterocycles. The van der Waals surface area contributed by atoms with E-state index in [0.29, 0.717) is 17.9 Å². The van der Waals surface area contributed by atoms with Gasteiger partial charge in [-0.15, -0.1) is 0 Å². The van der Waals surface area contributed by atoms with Crippen LogP contribution in [0.15, 0.2) is 41.5 Å². The van der Waals surface area contributed by atoms with E-state index in [1.165, 1.54) is 13.0 Å². The minimum atomic E-state index is -1.17. The summed E-state index contributed by atoms with van der Waals surface area (Å²) in [6.45, 7) is 1.52. The Hall–Kier alpha value is -2.76. The number of rotatable bonds is 5. The minimum Gasteiger partial charge on any atom is -0.478 e. The van der Waals surface area contributed by atoms with Crippen molar-refractivity contribution in [3.8, 4) is 11.5 Å². The molecule has 0 spiro atoms. The molecule has 1 aromatic carbocycles. The molecule has 110 valence electrons. The van der Waals surface area contributed by atoms with E-state index >= 15 is 0 Å². The van der Waals surface area contributed by atoms with Gasteiger partial charge in [0.25, 0.3) is 0 Å². The monoisotopic (exact) mass is 290 g/mol. The molecule has 6 nitrogen and oxygen atoms in total. The average Bonchev–Trinajstić information content (AvgIpc) is 2.89. The number of aliphatic carboxylic acids is 2. The maximum Gasteiger partial charge on any atom is 0.335 e. The molecule has 2 rings (SSSR count). The van der Waals surface area contributed by atoms with Crippen molar-refractivity contribution in [1.29, 1.82) is 0 Å². The standard InChI is InChI=1S/C15H14O6/c1-9(14(16)17)6-11(15(18)19)4-2-10-3-5-12-13(7-10)21-8-20-12/h3-7H,2,8H2,1H3,(H,16,17)(H,18,19). The van der Waals surface area contributed by atoms with E-state index in [9.17, 15) is 9.59 Å². The molecular weight excluding hydrogens is 276 g/mol. The lowest BCUT2D eigenvalue weighted by atomic mass is 10.1. The van der Waals surface area contributed by atoms with Crippen LogP contribution in [0.4, 0.5) is 0 Å². The zero-order valence-corrected chi connectivity index (χ0v) is 11.3. The Morgan fingerprint density at radius 3 is 2.57 bits per heavy atom. The van der Waals surface area contributed by atoms with Gasteiger partial charge in [0.1, 0.15) is 0 Å². The van der Waals surface area contributed by atoms with Crippen LogP contribution in [0, 0.1) is 0 Å². The first-order valence-corrected chi connectivity index (χ1v) is 6.21. The van der Waals surface area contributed by atoms with Gasteiger partial charge in [-0.25, -0.2) is 9.59 Å². The van der Waals surface area contributed by atoms with Crippen LogP contribution in [0.3, 0.4) is 0 Å². The van der Waals surface area contributed by atoms with Gasteiger partial charge in [0.15, 0.2) is 11.5 Å². The molecule has 6 heteroatoms. The van der Waals surface area contributed by atoms with E-state index in [4.69, 9.17) is 19.7 Å². The van der Waals surface area contributed by atoms with Crippen molar-refractivity contribution in [3.63, 3.8) is 0 Å². The molecule has 0 unspecified atom stereocenters. The van der Waals surface area contributed by atoms with Crippen LogP contribution in [0.1, 0.15) is 12.5 Å². The van der Waals surface area contributed by atoms with Crippen LogP contribution >= 0.6 is 0 Å². The van der Waals surface area contributed by atoms with Crippen molar-refractivity contribution in [2.75, 3.05) is 6.79 Å². The Morgan fingerprint density at radius 2 is 1.90 bits per heavy atom. The molecule has 0 bridgehead atoms. The van der Waals surface area contributed by atoms with Gasteiger partial charge in [-0.2, -0.15) is 0 Å². The van der Waals surface area contributed by atoms with Crippen LogP contribution in [-0.4, -0.2) is 28.9 Å². The first kappa shape index (κ1) is 14.6. The molecule has 0 saturated carbocycles. The fourth-order valence-corrected chi connectivity index (χ4v) is 1.80.